The molecule has 1 aromatic rings. The second kappa shape index (κ2) is 4.03. The summed E-state index contributed by atoms with van der Waals surface area (Å²) in [7, 11) is 0. The minimum atomic E-state index is -0.589. The first-order valence-electron chi connectivity index (χ1n) is 3.97. The van der Waals surface area contributed by atoms with Gasteiger partial charge in [-0.2, -0.15) is 0 Å². The molecule has 1 N–H and O–H groups in total. The fourth-order valence-electron chi connectivity index (χ4n) is 0.911. The lowest BCUT2D eigenvalue weighted by atomic mass is 10.2. The van der Waals surface area contributed by atoms with Crippen LogP contribution in [0.2, 0.25) is 0 Å². The van der Waals surface area contributed by atoms with Crippen molar-refractivity contribution in [2.24, 2.45) is 0 Å². The number of benzene rings is 1. The highest BCUT2D eigenvalue weighted by Gasteiger charge is 2.04. The summed E-state index contributed by atoms with van der Waals surface area (Å²) in [4.78, 5) is 0. The summed E-state index contributed by atoms with van der Waals surface area (Å²) in [5, 5.41) is 2.83. The zero-order chi connectivity index (χ0) is 9.84. The third-order valence-electron chi connectivity index (χ3n) is 1.67. The van der Waals surface area contributed by atoms with Crippen molar-refractivity contribution in [2.75, 3.05) is 5.32 Å². The van der Waals surface area contributed by atoms with Gasteiger partial charge in [0.2, 0.25) is 0 Å². The molecule has 1 nitrogen and oxygen atoms in total. The Morgan fingerprint density at radius 3 is 2.69 bits per heavy atom. The van der Waals surface area contributed by atoms with Crippen LogP contribution in [0.15, 0.2) is 30.9 Å². The molecular weight excluding hydrogens is 172 g/mol. The third kappa shape index (κ3) is 2.54. The molecule has 0 heterocycles. The highest BCUT2D eigenvalue weighted by Crippen LogP contribution is 2.15. The van der Waals surface area contributed by atoms with Crippen LogP contribution in [0.3, 0.4) is 0 Å². The molecule has 1 aromatic carbocycles. The predicted octanol–water partition coefficient (Wildman–Crippen LogP) is 2.95. The Balaban J connectivity index is 2.83. The van der Waals surface area contributed by atoms with E-state index in [2.05, 4.69) is 11.9 Å². The number of anilines is 1. The van der Waals surface area contributed by atoms with E-state index in [9.17, 15) is 8.78 Å². The van der Waals surface area contributed by atoms with Crippen molar-refractivity contribution in [1.82, 2.24) is 0 Å². The molecule has 0 saturated carbocycles. The second-order valence-electron chi connectivity index (χ2n) is 2.79. The van der Waals surface area contributed by atoms with Gasteiger partial charge in [-0.1, -0.05) is 6.08 Å². The van der Waals surface area contributed by atoms with Crippen LogP contribution in [-0.2, 0) is 0 Å². The lowest BCUT2D eigenvalue weighted by molar-refractivity contribution is 0.584. The minimum absolute atomic E-state index is 0.0417. The van der Waals surface area contributed by atoms with Crippen LogP contribution in [0, 0.1) is 11.6 Å². The van der Waals surface area contributed by atoms with Crippen molar-refractivity contribution < 1.29 is 8.78 Å². The van der Waals surface area contributed by atoms with Crippen molar-refractivity contribution in [3.05, 3.63) is 42.5 Å². The molecule has 0 aliphatic heterocycles. The van der Waals surface area contributed by atoms with Gasteiger partial charge in [0.15, 0.2) is 0 Å². The van der Waals surface area contributed by atoms with E-state index in [0.717, 1.165) is 6.07 Å². The Bertz CT molecular complexity index is 310. The Morgan fingerprint density at radius 1 is 1.46 bits per heavy atom. The van der Waals surface area contributed by atoms with Crippen LogP contribution >= 0.6 is 0 Å². The van der Waals surface area contributed by atoms with Crippen molar-refractivity contribution in [3.63, 3.8) is 0 Å². The largest absolute Gasteiger partial charge is 0.377 e. The van der Waals surface area contributed by atoms with Gasteiger partial charge in [-0.3, -0.25) is 0 Å². The SMILES string of the molecule is C=CC(C)Nc1ccc(F)cc1F. The number of rotatable bonds is 3. The van der Waals surface area contributed by atoms with E-state index < -0.39 is 11.6 Å². The van der Waals surface area contributed by atoms with E-state index >= 15 is 0 Å². The van der Waals surface area contributed by atoms with E-state index in [1.165, 1.54) is 12.1 Å². The van der Waals surface area contributed by atoms with Gasteiger partial charge >= 0.3 is 0 Å². The number of halogens is 2. The summed E-state index contributed by atoms with van der Waals surface area (Å²) < 4.78 is 25.5. The molecule has 0 saturated heterocycles. The lowest BCUT2D eigenvalue weighted by Gasteiger charge is -2.11. The smallest absolute Gasteiger partial charge is 0.149 e. The van der Waals surface area contributed by atoms with Crippen LogP contribution in [-0.4, -0.2) is 6.04 Å². The highest BCUT2D eigenvalue weighted by molar-refractivity contribution is 5.46. The van der Waals surface area contributed by atoms with Gasteiger partial charge in [0, 0.05) is 12.1 Å². The molecule has 1 rings (SSSR count). The molecular formula is C10H11F2N. The minimum Gasteiger partial charge on any atom is -0.377 e. The molecule has 0 fully saturated rings. The van der Waals surface area contributed by atoms with Crippen LogP contribution in [0.1, 0.15) is 6.92 Å². The molecule has 0 aromatic heterocycles. The summed E-state index contributed by atoms with van der Waals surface area (Å²) in [6.07, 6.45) is 1.64. The van der Waals surface area contributed by atoms with E-state index in [0.29, 0.717) is 0 Å². The molecule has 1 unspecified atom stereocenters. The van der Waals surface area contributed by atoms with Crippen LogP contribution < -0.4 is 5.32 Å². The normalized spacial score (nSPS) is 12.2. The maximum atomic E-state index is 13.0. The van der Waals surface area contributed by atoms with Crippen molar-refractivity contribution in [1.29, 1.82) is 0 Å². The molecule has 0 amide bonds. The number of hydrogen-bond acceptors (Lipinski definition) is 1. The first kappa shape index (κ1) is 9.71. The summed E-state index contributed by atoms with van der Waals surface area (Å²) in [6.45, 7) is 5.37. The lowest BCUT2D eigenvalue weighted by Crippen LogP contribution is -2.12. The van der Waals surface area contributed by atoms with Crippen LogP contribution in [0.4, 0.5) is 14.5 Å². The molecule has 0 bridgehead atoms. The van der Waals surface area contributed by atoms with Crippen molar-refractivity contribution >= 4 is 5.69 Å². The average molecular weight is 183 g/mol. The monoisotopic (exact) mass is 183 g/mol. The molecule has 0 aliphatic carbocycles. The predicted molar refractivity (Wildman–Crippen MR) is 49.6 cm³/mol. The van der Waals surface area contributed by atoms with E-state index in [1.807, 2.05) is 6.92 Å². The maximum Gasteiger partial charge on any atom is 0.149 e. The summed E-state index contributed by atoms with van der Waals surface area (Å²) >= 11 is 0. The molecule has 0 radical (unpaired) electrons. The fraction of sp³-hybridized carbons (Fsp3) is 0.200. The Hall–Kier alpha value is -1.38. The van der Waals surface area contributed by atoms with Gasteiger partial charge in [0.1, 0.15) is 11.6 Å². The Morgan fingerprint density at radius 2 is 2.15 bits per heavy atom. The number of hydrogen-bond donors (Lipinski definition) is 1. The van der Waals surface area contributed by atoms with E-state index in [4.69, 9.17) is 0 Å². The zero-order valence-electron chi connectivity index (χ0n) is 7.35. The molecule has 70 valence electrons. The van der Waals surface area contributed by atoms with Crippen LogP contribution in [0.25, 0.3) is 0 Å². The molecule has 13 heavy (non-hydrogen) atoms. The second-order valence-corrected chi connectivity index (χ2v) is 2.79. The average Bonchev–Trinajstić information content (AvgIpc) is 2.09. The van der Waals surface area contributed by atoms with E-state index in [-0.39, 0.29) is 11.7 Å². The van der Waals surface area contributed by atoms with Gasteiger partial charge < -0.3 is 5.32 Å². The molecule has 3 heteroatoms. The maximum absolute atomic E-state index is 13.0. The first-order valence-corrected chi connectivity index (χ1v) is 3.97. The van der Waals surface area contributed by atoms with Gasteiger partial charge in [-0.25, -0.2) is 8.78 Å². The summed E-state index contributed by atoms with van der Waals surface area (Å²) in [5.41, 5.74) is 0.286. The first-order chi connectivity index (χ1) is 6.13. The Labute approximate surface area is 76.1 Å². The van der Waals surface area contributed by atoms with Gasteiger partial charge in [-0.15, -0.1) is 6.58 Å². The topological polar surface area (TPSA) is 12.0 Å². The fourth-order valence-corrected chi connectivity index (χ4v) is 0.911. The van der Waals surface area contributed by atoms with Crippen molar-refractivity contribution in [3.8, 4) is 0 Å². The third-order valence-corrected chi connectivity index (χ3v) is 1.67. The van der Waals surface area contributed by atoms with Gasteiger partial charge in [0.05, 0.1) is 5.69 Å². The molecule has 1 atom stereocenters. The van der Waals surface area contributed by atoms with E-state index in [1.54, 1.807) is 6.08 Å². The summed E-state index contributed by atoms with van der Waals surface area (Å²) in [5.74, 6) is -1.16. The quantitative estimate of drug-likeness (QED) is 0.710. The highest BCUT2D eigenvalue weighted by atomic mass is 19.1. The zero-order valence-corrected chi connectivity index (χ0v) is 7.35. The molecule has 0 aliphatic rings. The van der Waals surface area contributed by atoms with Gasteiger partial charge in [0.25, 0.3) is 0 Å². The van der Waals surface area contributed by atoms with Crippen LogP contribution in [0.5, 0.6) is 0 Å². The molecule has 0 spiro atoms. The van der Waals surface area contributed by atoms with Crippen molar-refractivity contribution in [2.45, 2.75) is 13.0 Å². The summed E-state index contributed by atoms with van der Waals surface area (Å²) in [6, 6.07) is 3.38. The van der Waals surface area contributed by atoms with Gasteiger partial charge in [-0.05, 0) is 19.1 Å². The standard InChI is InChI=1S/C10H11F2N/c1-3-7(2)13-10-5-4-8(11)6-9(10)12/h3-7,13H,1H2,2H3. The Kier molecular flexibility index (Phi) is 3.01. The number of nitrogens with one attached hydrogen (secondary N) is 1.